The Bertz CT molecular complexity index is 1380. The SMILES string of the molecule is CC(C)(C)NC(=O)OC1CCCCC1n1cnc(C(=O)N2CCNC[C@@H]2Cc2cc(F)cc(F)c2)c1-c1ccccc1. The van der Waals surface area contributed by atoms with Gasteiger partial charge in [0.2, 0.25) is 0 Å². The van der Waals surface area contributed by atoms with Gasteiger partial charge in [-0.25, -0.2) is 18.6 Å². The number of rotatable bonds is 6. The minimum absolute atomic E-state index is 0.192. The summed E-state index contributed by atoms with van der Waals surface area (Å²) in [7, 11) is 0. The van der Waals surface area contributed by atoms with E-state index < -0.39 is 23.3 Å². The molecular formula is C32H39F2N5O3. The molecule has 2 aromatic carbocycles. The fourth-order valence-corrected chi connectivity index (χ4v) is 6.00. The van der Waals surface area contributed by atoms with Crippen molar-refractivity contribution in [2.24, 2.45) is 0 Å². The van der Waals surface area contributed by atoms with Crippen LogP contribution < -0.4 is 10.6 Å². The van der Waals surface area contributed by atoms with Crippen molar-refractivity contribution in [3.05, 3.63) is 77.8 Å². The number of halogens is 2. The molecule has 1 saturated carbocycles. The second-order valence-electron chi connectivity index (χ2n) is 12.2. The molecule has 2 amide bonds. The van der Waals surface area contributed by atoms with Gasteiger partial charge in [-0.05, 0) is 64.2 Å². The fourth-order valence-electron chi connectivity index (χ4n) is 6.00. The third-order valence-electron chi connectivity index (χ3n) is 7.81. The van der Waals surface area contributed by atoms with Crippen LogP contribution in [0.15, 0.2) is 54.9 Å². The highest BCUT2D eigenvalue weighted by Gasteiger charge is 2.36. The molecule has 0 spiro atoms. The Morgan fingerprint density at radius 3 is 2.50 bits per heavy atom. The van der Waals surface area contributed by atoms with Gasteiger partial charge in [-0.1, -0.05) is 36.8 Å². The molecule has 10 heteroatoms. The minimum atomic E-state index is -0.641. The zero-order chi connectivity index (χ0) is 29.9. The van der Waals surface area contributed by atoms with Gasteiger partial charge in [0, 0.05) is 42.8 Å². The first-order valence-corrected chi connectivity index (χ1v) is 14.7. The fraction of sp³-hybridized carbons (Fsp3) is 0.469. The number of ether oxygens (including phenoxy) is 1. The van der Waals surface area contributed by atoms with Crippen molar-refractivity contribution in [3.8, 4) is 11.3 Å². The predicted molar refractivity (Wildman–Crippen MR) is 156 cm³/mol. The van der Waals surface area contributed by atoms with E-state index >= 15 is 0 Å². The van der Waals surface area contributed by atoms with Gasteiger partial charge >= 0.3 is 6.09 Å². The van der Waals surface area contributed by atoms with Gasteiger partial charge in [0.25, 0.3) is 5.91 Å². The van der Waals surface area contributed by atoms with Crippen molar-refractivity contribution >= 4 is 12.0 Å². The maximum absolute atomic E-state index is 14.2. The predicted octanol–water partition coefficient (Wildman–Crippen LogP) is 5.49. The molecule has 2 fully saturated rings. The van der Waals surface area contributed by atoms with E-state index in [0.717, 1.165) is 30.9 Å². The van der Waals surface area contributed by atoms with Crippen LogP contribution in [0.5, 0.6) is 0 Å². The lowest BCUT2D eigenvalue weighted by atomic mass is 9.91. The molecule has 1 saturated heterocycles. The second-order valence-corrected chi connectivity index (χ2v) is 12.2. The molecular weight excluding hydrogens is 540 g/mol. The molecule has 1 aliphatic heterocycles. The molecule has 1 aliphatic carbocycles. The van der Waals surface area contributed by atoms with Crippen LogP contribution in [-0.2, 0) is 11.2 Å². The van der Waals surface area contributed by atoms with Crippen LogP contribution in [0.1, 0.15) is 68.5 Å². The van der Waals surface area contributed by atoms with Gasteiger partial charge in [-0.3, -0.25) is 4.79 Å². The Morgan fingerprint density at radius 1 is 1.07 bits per heavy atom. The smallest absolute Gasteiger partial charge is 0.407 e. The number of aromatic nitrogens is 2. The van der Waals surface area contributed by atoms with Gasteiger partial charge in [0.1, 0.15) is 17.7 Å². The number of hydrogen-bond acceptors (Lipinski definition) is 5. The van der Waals surface area contributed by atoms with Gasteiger partial charge in [0.05, 0.1) is 18.1 Å². The summed E-state index contributed by atoms with van der Waals surface area (Å²) < 4.78 is 35.8. The number of carbonyl (C=O) groups is 2. The molecule has 3 aromatic rings. The van der Waals surface area contributed by atoms with E-state index in [1.807, 2.05) is 55.7 Å². The van der Waals surface area contributed by atoms with Crippen LogP contribution in [0.3, 0.4) is 0 Å². The minimum Gasteiger partial charge on any atom is -0.444 e. The number of amides is 2. The first-order valence-electron chi connectivity index (χ1n) is 14.7. The standard InChI is InChI=1S/C32H39F2N5O3/c1-32(2,3)37-31(41)42-27-12-8-7-11-26(27)39-20-36-28(29(39)22-9-5-4-6-10-22)30(40)38-14-13-35-19-25(38)17-21-15-23(33)18-24(34)16-21/h4-6,9-10,15-16,18,20,25-27,35H,7-8,11-14,17,19H2,1-3H3,(H,37,41)/t25-,26?,27?/m0/s1. The quantitative estimate of drug-likeness (QED) is 0.403. The number of hydrogen-bond donors (Lipinski definition) is 2. The van der Waals surface area contributed by atoms with Gasteiger partial charge < -0.3 is 24.8 Å². The first kappa shape index (κ1) is 29.7. The second kappa shape index (κ2) is 12.6. The van der Waals surface area contributed by atoms with Gasteiger partial charge in [-0.15, -0.1) is 0 Å². The van der Waals surface area contributed by atoms with Crippen molar-refractivity contribution in [2.75, 3.05) is 19.6 Å². The highest BCUT2D eigenvalue weighted by molar-refractivity contribution is 5.98. The van der Waals surface area contributed by atoms with Crippen LogP contribution in [0.4, 0.5) is 13.6 Å². The number of nitrogens with zero attached hydrogens (tertiary/aromatic N) is 3. The molecule has 224 valence electrons. The first-order chi connectivity index (χ1) is 20.1. The van der Waals surface area contributed by atoms with Crippen molar-refractivity contribution < 1.29 is 23.1 Å². The summed E-state index contributed by atoms with van der Waals surface area (Å²) >= 11 is 0. The van der Waals surface area contributed by atoms with Crippen molar-refractivity contribution in [2.45, 2.75) is 76.6 Å². The zero-order valence-electron chi connectivity index (χ0n) is 24.4. The van der Waals surface area contributed by atoms with Gasteiger partial charge in [0.15, 0.2) is 5.69 Å². The molecule has 2 unspecified atom stereocenters. The van der Waals surface area contributed by atoms with Crippen LogP contribution in [0.25, 0.3) is 11.3 Å². The monoisotopic (exact) mass is 579 g/mol. The summed E-state index contributed by atoms with van der Waals surface area (Å²) in [6, 6.07) is 12.6. The molecule has 2 N–H and O–H groups in total. The van der Waals surface area contributed by atoms with Crippen LogP contribution in [0, 0.1) is 11.6 Å². The topological polar surface area (TPSA) is 88.5 Å². The number of piperazine rings is 1. The summed E-state index contributed by atoms with van der Waals surface area (Å²) in [6.45, 7) is 7.24. The third kappa shape index (κ3) is 6.98. The van der Waals surface area contributed by atoms with E-state index in [9.17, 15) is 18.4 Å². The lowest BCUT2D eigenvalue weighted by Crippen LogP contribution is -2.54. The Kier molecular flexibility index (Phi) is 8.91. The Labute approximate surface area is 245 Å². The summed E-state index contributed by atoms with van der Waals surface area (Å²) in [5.41, 5.74) is 1.87. The Morgan fingerprint density at radius 2 is 1.79 bits per heavy atom. The largest absolute Gasteiger partial charge is 0.444 e. The highest BCUT2D eigenvalue weighted by atomic mass is 19.1. The maximum Gasteiger partial charge on any atom is 0.407 e. The molecule has 2 aliphatic rings. The number of benzene rings is 2. The molecule has 3 atom stereocenters. The van der Waals surface area contributed by atoms with E-state index in [4.69, 9.17) is 4.74 Å². The van der Waals surface area contributed by atoms with Crippen molar-refractivity contribution in [1.29, 1.82) is 0 Å². The Hall–Kier alpha value is -3.79. The van der Waals surface area contributed by atoms with E-state index in [1.165, 1.54) is 12.1 Å². The van der Waals surface area contributed by atoms with Crippen LogP contribution in [-0.4, -0.2) is 63.8 Å². The van der Waals surface area contributed by atoms with Crippen molar-refractivity contribution in [3.63, 3.8) is 0 Å². The Balaban J connectivity index is 1.47. The highest BCUT2D eigenvalue weighted by Crippen LogP contribution is 2.36. The third-order valence-corrected chi connectivity index (χ3v) is 7.81. The lowest BCUT2D eigenvalue weighted by Gasteiger charge is -2.36. The molecule has 2 heterocycles. The van der Waals surface area contributed by atoms with Crippen molar-refractivity contribution in [1.82, 2.24) is 25.1 Å². The zero-order valence-corrected chi connectivity index (χ0v) is 24.4. The maximum atomic E-state index is 14.2. The number of nitrogens with one attached hydrogen (secondary N) is 2. The molecule has 0 radical (unpaired) electrons. The molecule has 0 bridgehead atoms. The number of alkyl carbamates (subject to hydrolysis) is 1. The molecule has 42 heavy (non-hydrogen) atoms. The summed E-state index contributed by atoms with van der Waals surface area (Å²) in [4.78, 5) is 33.4. The van der Waals surface area contributed by atoms with E-state index in [2.05, 4.69) is 15.6 Å². The summed E-state index contributed by atoms with van der Waals surface area (Å²) in [6.07, 6.45) is 4.53. The lowest BCUT2D eigenvalue weighted by molar-refractivity contribution is 0.0382. The normalized spacial score (nSPS) is 21.2. The average molecular weight is 580 g/mol. The van der Waals surface area contributed by atoms with E-state index in [1.54, 1.807) is 11.2 Å². The summed E-state index contributed by atoms with van der Waals surface area (Å²) in [5, 5.41) is 6.19. The number of carbonyl (C=O) groups excluding carboxylic acids is 2. The van der Waals surface area contributed by atoms with E-state index in [-0.39, 0.29) is 24.1 Å². The van der Waals surface area contributed by atoms with Crippen LogP contribution in [0.2, 0.25) is 0 Å². The summed E-state index contributed by atoms with van der Waals surface area (Å²) in [5.74, 6) is -1.52. The van der Waals surface area contributed by atoms with Crippen LogP contribution >= 0.6 is 0 Å². The molecule has 1 aromatic heterocycles. The molecule has 5 rings (SSSR count). The number of imidazole rings is 1. The average Bonchev–Trinajstić information content (AvgIpc) is 3.37. The van der Waals surface area contributed by atoms with Gasteiger partial charge in [-0.2, -0.15) is 0 Å². The van der Waals surface area contributed by atoms with E-state index in [0.29, 0.717) is 49.4 Å². The molecule has 8 nitrogen and oxygen atoms in total.